The van der Waals surface area contributed by atoms with E-state index in [0.717, 1.165) is 63.5 Å². The van der Waals surface area contributed by atoms with Crippen LogP contribution >= 0.6 is 0 Å². The Kier molecular flexibility index (Phi) is 7.11. The van der Waals surface area contributed by atoms with Gasteiger partial charge < -0.3 is 10.1 Å². The van der Waals surface area contributed by atoms with Crippen molar-refractivity contribution in [2.75, 3.05) is 38.2 Å². The molecule has 0 saturated carbocycles. The molecule has 3 heterocycles. The van der Waals surface area contributed by atoms with Gasteiger partial charge in [-0.3, -0.25) is 19.1 Å². The van der Waals surface area contributed by atoms with Crippen molar-refractivity contribution in [1.29, 1.82) is 0 Å². The van der Waals surface area contributed by atoms with E-state index < -0.39 is 0 Å². The quantitative estimate of drug-likeness (QED) is 0.574. The van der Waals surface area contributed by atoms with Gasteiger partial charge in [0.05, 0.1) is 55.6 Å². The number of nitrogens with one attached hydrogen (secondary N) is 1. The fourth-order valence-corrected chi connectivity index (χ4v) is 3.81. The summed E-state index contributed by atoms with van der Waals surface area (Å²) in [6, 6.07) is 10.2. The molecule has 8 heteroatoms. The lowest BCUT2D eigenvalue weighted by Gasteiger charge is -2.26. The summed E-state index contributed by atoms with van der Waals surface area (Å²) < 4.78 is 9.19. The van der Waals surface area contributed by atoms with Crippen LogP contribution in [0.4, 0.5) is 5.69 Å². The van der Waals surface area contributed by atoms with Crippen LogP contribution in [0.2, 0.25) is 0 Å². The van der Waals surface area contributed by atoms with Crippen molar-refractivity contribution in [1.82, 2.24) is 24.5 Å². The molecule has 1 saturated heterocycles. The molecular formula is C23H30N6O2. The second-order valence-electron chi connectivity index (χ2n) is 7.80. The number of benzene rings is 1. The number of carbonyl (C=O) groups is 1. The Hall–Kier alpha value is -2.97. The highest BCUT2D eigenvalue weighted by Crippen LogP contribution is 2.16. The van der Waals surface area contributed by atoms with Gasteiger partial charge in [0.25, 0.3) is 5.91 Å². The van der Waals surface area contributed by atoms with Gasteiger partial charge in [-0.15, -0.1) is 0 Å². The monoisotopic (exact) mass is 422 g/mol. The van der Waals surface area contributed by atoms with Gasteiger partial charge in [-0.1, -0.05) is 43.7 Å². The lowest BCUT2D eigenvalue weighted by atomic mass is 10.1. The van der Waals surface area contributed by atoms with Crippen LogP contribution < -0.4 is 5.32 Å². The minimum atomic E-state index is -0.143. The summed E-state index contributed by atoms with van der Waals surface area (Å²) >= 11 is 0. The zero-order valence-corrected chi connectivity index (χ0v) is 18.0. The highest BCUT2D eigenvalue weighted by Gasteiger charge is 2.18. The smallest absolute Gasteiger partial charge is 0.259 e. The van der Waals surface area contributed by atoms with Crippen LogP contribution in [0.5, 0.6) is 0 Å². The number of nitrogens with zero attached hydrogens (tertiary/aromatic N) is 5. The molecular weight excluding hydrogens is 392 g/mol. The molecule has 0 radical (unpaired) electrons. The molecule has 8 nitrogen and oxygen atoms in total. The van der Waals surface area contributed by atoms with Crippen molar-refractivity contribution in [3.8, 4) is 0 Å². The summed E-state index contributed by atoms with van der Waals surface area (Å²) in [7, 11) is 0. The van der Waals surface area contributed by atoms with Gasteiger partial charge in [-0.2, -0.15) is 10.2 Å². The lowest BCUT2D eigenvalue weighted by Crippen LogP contribution is -2.38. The second-order valence-corrected chi connectivity index (χ2v) is 7.80. The van der Waals surface area contributed by atoms with Crippen LogP contribution in [0, 0.1) is 0 Å². The highest BCUT2D eigenvalue weighted by molar-refractivity contribution is 6.04. The Bertz CT molecular complexity index is 975. The third-order valence-corrected chi connectivity index (χ3v) is 5.50. The first kappa shape index (κ1) is 21.3. The van der Waals surface area contributed by atoms with E-state index in [1.807, 2.05) is 33.8 Å². The molecule has 0 spiro atoms. The third kappa shape index (κ3) is 5.59. The largest absolute Gasteiger partial charge is 0.379 e. The molecule has 2 aromatic heterocycles. The number of hydrogen-bond donors (Lipinski definition) is 1. The van der Waals surface area contributed by atoms with Gasteiger partial charge in [0.1, 0.15) is 0 Å². The lowest BCUT2D eigenvalue weighted by molar-refractivity contribution is 0.0360. The Morgan fingerprint density at radius 3 is 2.68 bits per heavy atom. The van der Waals surface area contributed by atoms with Gasteiger partial charge in [0.2, 0.25) is 0 Å². The molecule has 0 bridgehead atoms. The molecule has 1 aliphatic heterocycles. The van der Waals surface area contributed by atoms with Gasteiger partial charge in [-0.25, -0.2) is 0 Å². The number of carbonyl (C=O) groups excluding carboxylic acids is 1. The van der Waals surface area contributed by atoms with Crippen molar-refractivity contribution < 1.29 is 9.53 Å². The highest BCUT2D eigenvalue weighted by atomic mass is 16.5. The zero-order valence-electron chi connectivity index (χ0n) is 18.0. The van der Waals surface area contributed by atoms with E-state index in [9.17, 15) is 4.79 Å². The normalized spacial score (nSPS) is 14.6. The molecule has 1 aliphatic rings. The fourth-order valence-electron chi connectivity index (χ4n) is 3.81. The molecule has 3 aromatic rings. The number of ether oxygens (including phenoxy) is 1. The van der Waals surface area contributed by atoms with E-state index in [-0.39, 0.29) is 5.91 Å². The maximum Gasteiger partial charge on any atom is 0.259 e. The van der Waals surface area contributed by atoms with Crippen LogP contribution in [0.25, 0.3) is 0 Å². The predicted octanol–water partition coefficient (Wildman–Crippen LogP) is 2.66. The maximum atomic E-state index is 13.0. The molecule has 1 aromatic carbocycles. The molecule has 1 fully saturated rings. The molecule has 0 atom stereocenters. The molecule has 0 unspecified atom stereocenters. The number of amides is 1. The van der Waals surface area contributed by atoms with E-state index in [1.54, 1.807) is 12.4 Å². The van der Waals surface area contributed by atoms with Gasteiger partial charge in [0, 0.05) is 25.8 Å². The zero-order chi connectivity index (χ0) is 21.5. The summed E-state index contributed by atoms with van der Waals surface area (Å²) in [5.74, 6) is -0.143. The minimum Gasteiger partial charge on any atom is -0.379 e. The summed E-state index contributed by atoms with van der Waals surface area (Å²) in [5, 5.41) is 11.9. The van der Waals surface area contributed by atoms with Crippen molar-refractivity contribution in [3.05, 3.63) is 65.7 Å². The maximum absolute atomic E-state index is 13.0. The van der Waals surface area contributed by atoms with E-state index in [0.29, 0.717) is 17.8 Å². The van der Waals surface area contributed by atoms with E-state index in [4.69, 9.17) is 4.74 Å². The minimum absolute atomic E-state index is 0.143. The second kappa shape index (κ2) is 10.4. The number of anilines is 1. The van der Waals surface area contributed by atoms with Crippen molar-refractivity contribution in [2.24, 2.45) is 0 Å². The fraction of sp³-hybridized carbons (Fsp3) is 0.435. The Labute approximate surface area is 182 Å². The van der Waals surface area contributed by atoms with E-state index in [1.165, 1.54) is 0 Å². The average molecular weight is 423 g/mol. The van der Waals surface area contributed by atoms with E-state index >= 15 is 0 Å². The van der Waals surface area contributed by atoms with Crippen molar-refractivity contribution in [3.63, 3.8) is 0 Å². The van der Waals surface area contributed by atoms with Crippen molar-refractivity contribution in [2.45, 2.75) is 32.9 Å². The Morgan fingerprint density at radius 2 is 1.90 bits per heavy atom. The summed E-state index contributed by atoms with van der Waals surface area (Å²) in [6.45, 7) is 7.97. The number of hydrogen-bond acceptors (Lipinski definition) is 5. The topological polar surface area (TPSA) is 77.2 Å². The summed E-state index contributed by atoms with van der Waals surface area (Å²) in [4.78, 5) is 15.3. The van der Waals surface area contributed by atoms with Crippen LogP contribution in [0.3, 0.4) is 0 Å². The molecule has 164 valence electrons. The molecule has 4 rings (SSSR count). The number of rotatable bonds is 9. The number of morpholine rings is 1. The number of aromatic nitrogens is 4. The Morgan fingerprint density at radius 1 is 1.10 bits per heavy atom. The summed E-state index contributed by atoms with van der Waals surface area (Å²) in [5.41, 5.74) is 3.45. The van der Waals surface area contributed by atoms with Gasteiger partial charge in [0.15, 0.2) is 0 Å². The third-order valence-electron chi connectivity index (χ3n) is 5.50. The van der Waals surface area contributed by atoms with Crippen LogP contribution in [0.1, 0.15) is 35.0 Å². The van der Waals surface area contributed by atoms with Crippen molar-refractivity contribution >= 4 is 11.6 Å². The first-order valence-electron chi connectivity index (χ1n) is 11.0. The molecule has 1 amide bonds. The summed E-state index contributed by atoms with van der Waals surface area (Å²) in [6.07, 6.45) is 7.00. The first-order chi connectivity index (χ1) is 15.2. The molecule has 1 N–H and O–H groups in total. The molecule has 31 heavy (non-hydrogen) atoms. The van der Waals surface area contributed by atoms with Crippen LogP contribution in [0.15, 0.2) is 48.9 Å². The van der Waals surface area contributed by atoms with Crippen LogP contribution in [-0.2, 0) is 24.2 Å². The standard InChI is InChI=1S/C23H30N6O2/c1-2-6-22-21(16-25-29(22)17-19-7-4-3-5-8-19)23(30)26-20-15-24-28(18-20)10-9-27-11-13-31-14-12-27/h3-5,7-8,15-16,18H,2,6,9-14,17H2,1H3,(H,26,30). The SMILES string of the molecule is CCCc1c(C(=O)Nc2cnn(CCN3CCOCC3)c2)cnn1Cc1ccccc1. The Balaban J connectivity index is 1.39. The van der Waals surface area contributed by atoms with Gasteiger partial charge in [-0.05, 0) is 12.0 Å². The van der Waals surface area contributed by atoms with Crippen LogP contribution in [-0.4, -0.2) is 63.2 Å². The first-order valence-corrected chi connectivity index (χ1v) is 11.0. The predicted molar refractivity (Wildman–Crippen MR) is 119 cm³/mol. The molecule has 0 aliphatic carbocycles. The average Bonchev–Trinajstić information content (AvgIpc) is 3.41. The van der Waals surface area contributed by atoms with Gasteiger partial charge >= 0.3 is 0 Å². The van der Waals surface area contributed by atoms with E-state index in [2.05, 4.69) is 39.5 Å².